The largest absolute Gasteiger partial charge is 0.388 e. The van der Waals surface area contributed by atoms with E-state index in [0.29, 0.717) is 18.3 Å². The van der Waals surface area contributed by atoms with Crippen LogP contribution in [0, 0.1) is 0 Å². The summed E-state index contributed by atoms with van der Waals surface area (Å²) in [5.74, 6) is 1.14. The molecule has 0 saturated carbocycles. The predicted molar refractivity (Wildman–Crippen MR) is 75.5 cm³/mol. The number of benzene rings is 1. The van der Waals surface area contributed by atoms with Gasteiger partial charge in [-0.25, -0.2) is 0 Å². The molecule has 106 valence electrons. The molecule has 1 saturated heterocycles. The summed E-state index contributed by atoms with van der Waals surface area (Å²) in [4.78, 5) is 6.64. The normalized spacial score (nSPS) is 20.0. The van der Waals surface area contributed by atoms with Gasteiger partial charge in [-0.1, -0.05) is 5.16 Å². The predicted octanol–water partition coefficient (Wildman–Crippen LogP) is 1.78. The van der Waals surface area contributed by atoms with Crippen molar-refractivity contribution in [3.63, 3.8) is 0 Å². The number of ether oxygens (including phenoxy) is 1. The van der Waals surface area contributed by atoms with Gasteiger partial charge in [0.25, 0.3) is 5.89 Å². The Balaban J connectivity index is 1.78. The van der Waals surface area contributed by atoms with Crippen LogP contribution in [0.25, 0.3) is 11.5 Å². The maximum absolute atomic E-state index is 5.68. The van der Waals surface area contributed by atoms with Gasteiger partial charge in [0.05, 0.1) is 6.61 Å². The summed E-state index contributed by atoms with van der Waals surface area (Å²) in [5, 5.41) is 7.12. The second-order valence-electron chi connectivity index (χ2n) is 4.91. The van der Waals surface area contributed by atoms with E-state index in [1.165, 1.54) is 0 Å². The zero-order chi connectivity index (χ0) is 13.9. The molecule has 0 aliphatic carbocycles. The fourth-order valence-corrected chi connectivity index (χ4v) is 2.20. The van der Waals surface area contributed by atoms with E-state index in [9.17, 15) is 0 Å². The van der Waals surface area contributed by atoms with E-state index in [-0.39, 0.29) is 6.10 Å². The Morgan fingerprint density at radius 3 is 2.80 bits per heavy atom. The number of rotatable bonds is 3. The Labute approximate surface area is 117 Å². The zero-order valence-corrected chi connectivity index (χ0v) is 11.7. The summed E-state index contributed by atoms with van der Waals surface area (Å²) in [6, 6.07) is 7.86. The van der Waals surface area contributed by atoms with Crippen molar-refractivity contribution in [2.75, 3.05) is 39.1 Å². The number of morpholine rings is 1. The van der Waals surface area contributed by atoms with Gasteiger partial charge < -0.3 is 19.5 Å². The first-order valence-electron chi connectivity index (χ1n) is 6.68. The highest BCUT2D eigenvalue weighted by atomic mass is 16.5. The van der Waals surface area contributed by atoms with E-state index in [4.69, 9.17) is 9.26 Å². The SMILES string of the molecule is CNc1ccc(-c2nc(C3CN(C)CCO3)no2)cc1. The molecule has 6 nitrogen and oxygen atoms in total. The number of hydrogen-bond acceptors (Lipinski definition) is 6. The third kappa shape index (κ3) is 2.66. The van der Waals surface area contributed by atoms with Crippen LogP contribution in [0.5, 0.6) is 0 Å². The van der Waals surface area contributed by atoms with Gasteiger partial charge in [0.1, 0.15) is 6.10 Å². The summed E-state index contributed by atoms with van der Waals surface area (Å²) >= 11 is 0. The molecule has 1 N–H and O–H groups in total. The van der Waals surface area contributed by atoms with Crippen LogP contribution in [-0.4, -0.2) is 48.8 Å². The molecule has 1 atom stereocenters. The molecule has 0 radical (unpaired) electrons. The average molecular weight is 274 g/mol. The third-order valence-corrected chi connectivity index (χ3v) is 3.42. The van der Waals surface area contributed by atoms with Crippen molar-refractivity contribution < 1.29 is 9.26 Å². The van der Waals surface area contributed by atoms with Gasteiger partial charge in [0.2, 0.25) is 5.82 Å². The van der Waals surface area contributed by atoms with Crippen LogP contribution >= 0.6 is 0 Å². The maximum atomic E-state index is 5.68. The molecule has 0 bridgehead atoms. The Hall–Kier alpha value is -1.92. The van der Waals surface area contributed by atoms with Crippen molar-refractivity contribution >= 4 is 5.69 Å². The van der Waals surface area contributed by atoms with Crippen molar-refractivity contribution in [2.45, 2.75) is 6.10 Å². The maximum Gasteiger partial charge on any atom is 0.258 e. The van der Waals surface area contributed by atoms with Crippen molar-refractivity contribution in [1.29, 1.82) is 0 Å². The van der Waals surface area contributed by atoms with Crippen LogP contribution in [0.1, 0.15) is 11.9 Å². The van der Waals surface area contributed by atoms with Crippen LogP contribution < -0.4 is 5.32 Å². The first-order valence-corrected chi connectivity index (χ1v) is 6.68. The molecule has 6 heteroatoms. The first kappa shape index (κ1) is 13.1. The molecule has 1 aliphatic rings. The van der Waals surface area contributed by atoms with Crippen molar-refractivity contribution in [3.8, 4) is 11.5 Å². The molecule has 1 aromatic heterocycles. The van der Waals surface area contributed by atoms with Gasteiger partial charge in [-0.3, -0.25) is 0 Å². The van der Waals surface area contributed by atoms with Gasteiger partial charge in [-0.2, -0.15) is 4.98 Å². The van der Waals surface area contributed by atoms with Crippen LogP contribution in [0.4, 0.5) is 5.69 Å². The number of anilines is 1. The van der Waals surface area contributed by atoms with E-state index in [1.54, 1.807) is 0 Å². The van der Waals surface area contributed by atoms with E-state index >= 15 is 0 Å². The number of likely N-dealkylation sites (N-methyl/N-ethyl adjacent to an activating group) is 1. The molecule has 3 rings (SSSR count). The van der Waals surface area contributed by atoms with Gasteiger partial charge in [-0.05, 0) is 31.3 Å². The van der Waals surface area contributed by atoms with E-state index in [1.807, 2.05) is 31.3 Å². The second kappa shape index (κ2) is 5.60. The molecule has 0 spiro atoms. The second-order valence-corrected chi connectivity index (χ2v) is 4.91. The smallest absolute Gasteiger partial charge is 0.258 e. The molecule has 1 aliphatic heterocycles. The van der Waals surface area contributed by atoms with E-state index < -0.39 is 0 Å². The number of hydrogen-bond donors (Lipinski definition) is 1. The topological polar surface area (TPSA) is 63.4 Å². The Kier molecular flexibility index (Phi) is 3.66. The fraction of sp³-hybridized carbons (Fsp3) is 0.429. The fourth-order valence-electron chi connectivity index (χ4n) is 2.20. The first-order chi connectivity index (χ1) is 9.76. The minimum absolute atomic E-state index is 0.108. The van der Waals surface area contributed by atoms with Gasteiger partial charge in [-0.15, -0.1) is 0 Å². The Bertz CT molecular complexity index is 567. The van der Waals surface area contributed by atoms with Crippen LogP contribution in [0.2, 0.25) is 0 Å². The van der Waals surface area contributed by atoms with Crippen molar-refractivity contribution in [1.82, 2.24) is 15.0 Å². The van der Waals surface area contributed by atoms with Gasteiger partial charge >= 0.3 is 0 Å². The zero-order valence-electron chi connectivity index (χ0n) is 11.7. The number of aromatic nitrogens is 2. The minimum Gasteiger partial charge on any atom is -0.388 e. The van der Waals surface area contributed by atoms with E-state index in [2.05, 4.69) is 27.4 Å². The van der Waals surface area contributed by atoms with Crippen LogP contribution in [-0.2, 0) is 4.74 Å². The van der Waals surface area contributed by atoms with Gasteiger partial charge in [0.15, 0.2) is 0 Å². The molecule has 20 heavy (non-hydrogen) atoms. The van der Waals surface area contributed by atoms with E-state index in [0.717, 1.165) is 24.3 Å². The highest BCUT2D eigenvalue weighted by molar-refractivity contribution is 5.58. The molecular formula is C14H18N4O2. The lowest BCUT2D eigenvalue weighted by Crippen LogP contribution is -2.35. The van der Waals surface area contributed by atoms with Gasteiger partial charge in [0, 0.05) is 31.4 Å². The molecule has 0 amide bonds. The molecule has 1 fully saturated rings. The summed E-state index contributed by atoms with van der Waals surface area (Å²) in [6.45, 7) is 2.42. The average Bonchev–Trinajstić information content (AvgIpc) is 2.97. The van der Waals surface area contributed by atoms with Crippen LogP contribution in [0.15, 0.2) is 28.8 Å². The quantitative estimate of drug-likeness (QED) is 0.920. The van der Waals surface area contributed by atoms with Crippen molar-refractivity contribution in [2.24, 2.45) is 0 Å². The molecule has 2 heterocycles. The monoisotopic (exact) mass is 274 g/mol. The lowest BCUT2D eigenvalue weighted by Gasteiger charge is -2.27. The van der Waals surface area contributed by atoms with Crippen LogP contribution in [0.3, 0.4) is 0 Å². The number of nitrogens with zero attached hydrogens (tertiary/aromatic N) is 3. The number of nitrogens with one attached hydrogen (secondary N) is 1. The lowest BCUT2D eigenvalue weighted by atomic mass is 10.2. The summed E-state index contributed by atoms with van der Waals surface area (Å²) in [7, 11) is 3.95. The Morgan fingerprint density at radius 2 is 2.10 bits per heavy atom. The molecule has 1 aromatic carbocycles. The summed E-state index contributed by atoms with van der Waals surface area (Å²) in [6.07, 6.45) is -0.108. The molecular weight excluding hydrogens is 256 g/mol. The minimum atomic E-state index is -0.108. The van der Waals surface area contributed by atoms with Crippen molar-refractivity contribution in [3.05, 3.63) is 30.1 Å². The summed E-state index contributed by atoms with van der Waals surface area (Å²) < 4.78 is 11.0. The lowest BCUT2D eigenvalue weighted by molar-refractivity contribution is -0.0264. The highest BCUT2D eigenvalue weighted by Gasteiger charge is 2.24. The third-order valence-electron chi connectivity index (χ3n) is 3.42. The standard InChI is InChI=1S/C14H18N4O2/c1-15-11-5-3-10(4-6-11)14-16-13(17-20-14)12-9-18(2)7-8-19-12/h3-6,12,15H,7-9H2,1-2H3. The highest BCUT2D eigenvalue weighted by Crippen LogP contribution is 2.24. The molecule has 2 aromatic rings. The Morgan fingerprint density at radius 1 is 1.30 bits per heavy atom. The molecule has 1 unspecified atom stereocenters. The summed E-state index contributed by atoms with van der Waals surface area (Å²) in [5.41, 5.74) is 1.96.